The van der Waals surface area contributed by atoms with Crippen molar-refractivity contribution in [3.8, 4) is 16.4 Å². The predicted octanol–water partition coefficient (Wildman–Crippen LogP) is 6.06. The molecule has 5 nitrogen and oxygen atoms in total. The second kappa shape index (κ2) is 8.65. The Kier molecular flexibility index (Phi) is 5.94. The minimum absolute atomic E-state index is 0.106. The van der Waals surface area contributed by atoms with Gasteiger partial charge in [0.15, 0.2) is 0 Å². The van der Waals surface area contributed by atoms with Crippen LogP contribution in [-0.2, 0) is 11.2 Å². The van der Waals surface area contributed by atoms with Crippen LogP contribution in [0.3, 0.4) is 0 Å². The number of rotatable bonds is 5. The Morgan fingerprint density at radius 3 is 2.55 bits per heavy atom. The SMILES string of the molecule is Cc1ccc(-c2csc(-n3nc(C)c(CC(=O)Nc4ccc(C)c(Cl)c4)c3C)n2)cc1. The van der Waals surface area contributed by atoms with Gasteiger partial charge >= 0.3 is 0 Å². The van der Waals surface area contributed by atoms with E-state index in [-0.39, 0.29) is 12.3 Å². The average molecular weight is 451 g/mol. The normalized spacial score (nSPS) is 11.0. The Hall–Kier alpha value is -2.96. The summed E-state index contributed by atoms with van der Waals surface area (Å²) >= 11 is 7.70. The van der Waals surface area contributed by atoms with Crippen LogP contribution in [0.25, 0.3) is 16.4 Å². The van der Waals surface area contributed by atoms with Crippen molar-refractivity contribution in [1.29, 1.82) is 0 Å². The van der Waals surface area contributed by atoms with Gasteiger partial charge in [-0.1, -0.05) is 47.5 Å². The van der Waals surface area contributed by atoms with Crippen LogP contribution in [0.4, 0.5) is 5.69 Å². The van der Waals surface area contributed by atoms with Crippen LogP contribution in [0.1, 0.15) is 28.1 Å². The van der Waals surface area contributed by atoms with E-state index < -0.39 is 0 Å². The lowest BCUT2D eigenvalue weighted by Gasteiger charge is -2.07. The van der Waals surface area contributed by atoms with E-state index in [9.17, 15) is 4.79 Å². The molecule has 0 radical (unpaired) electrons. The topological polar surface area (TPSA) is 59.8 Å². The van der Waals surface area contributed by atoms with Crippen molar-refractivity contribution in [3.63, 3.8) is 0 Å². The number of amides is 1. The molecule has 0 aliphatic heterocycles. The Labute approximate surface area is 190 Å². The van der Waals surface area contributed by atoms with Gasteiger partial charge in [0.25, 0.3) is 0 Å². The number of aryl methyl sites for hydroxylation is 3. The zero-order valence-electron chi connectivity index (χ0n) is 17.9. The first-order valence-electron chi connectivity index (χ1n) is 9.96. The van der Waals surface area contributed by atoms with E-state index in [1.165, 1.54) is 16.9 Å². The van der Waals surface area contributed by atoms with Crippen molar-refractivity contribution in [2.45, 2.75) is 34.1 Å². The number of carbonyl (C=O) groups excluding carboxylic acids is 1. The maximum Gasteiger partial charge on any atom is 0.228 e. The van der Waals surface area contributed by atoms with Gasteiger partial charge in [0.1, 0.15) is 0 Å². The van der Waals surface area contributed by atoms with Crippen LogP contribution in [0.15, 0.2) is 47.8 Å². The van der Waals surface area contributed by atoms with Gasteiger partial charge in [-0.3, -0.25) is 4.79 Å². The van der Waals surface area contributed by atoms with E-state index in [1.807, 2.05) is 43.0 Å². The van der Waals surface area contributed by atoms with Gasteiger partial charge in [-0.05, 0) is 45.4 Å². The summed E-state index contributed by atoms with van der Waals surface area (Å²) in [5, 5.41) is 11.0. The van der Waals surface area contributed by atoms with Crippen LogP contribution < -0.4 is 5.32 Å². The third-order valence-corrected chi connectivity index (χ3v) is 6.48. The number of thiazole rings is 1. The fraction of sp³-hybridized carbons (Fsp3) is 0.208. The molecule has 4 aromatic rings. The summed E-state index contributed by atoms with van der Waals surface area (Å²) in [4.78, 5) is 17.4. The molecular formula is C24H23ClN4OS. The van der Waals surface area contributed by atoms with Gasteiger partial charge in [0.05, 0.1) is 17.8 Å². The summed E-state index contributed by atoms with van der Waals surface area (Å²) in [7, 11) is 0. The van der Waals surface area contributed by atoms with E-state index in [0.29, 0.717) is 10.7 Å². The second-order valence-electron chi connectivity index (χ2n) is 7.63. The molecule has 0 unspecified atom stereocenters. The molecule has 4 rings (SSSR count). The molecule has 31 heavy (non-hydrogen) atoms. The molecule has 1 amide bonds. The van der Waals surface area contributed by atoms with E-state index in [4.69, 9.17) is 16.6 Å². The molecule has 0 atom stereocenters. The molecular weight excluding hydrogens is 428 g/mol. The maximum absolute atomic E-state index is 12.6. The number of nitrogens with one attached hydrogen (secondary N) is 1. The number of nitrogens with zero attached hydrogens (tertiary/aromatic N) is 3. The molecule has 0 bridgehead atoms. The summed E-state index contributed by atoms with van der Waals surface area (Å²) in [6.45, 7) is 7.89. The minimum atomic E-state index is -0.106. The zero-order valence-corrected chi connectivity index (χ0v) is 19.4. The van der Waals surface area contributed by atoms with Crippen LogP contribution in [0.5, 0.6) is 0 Å². The zero-order chi connectivity index (χ0) is 22.1. The molecule has 0 saturated carbocycles. The highest BCUT2D eigenvalue weighted by molar-refractivity contribution is 7.12. The highest BCUT2D eigenvalue weighted by Gasteiger charge is 2.18. The number of hydrogen-bond donors (Lipinski definition) is 1. The first-order chi connectivity index (χ1) is 14.8. The number of carbonyl (C=O) groups is 1. The molecule has 0 aliphatic carbocycles. The first-order valence-corrected chi connectivity index (χ1v) is 11.2. The fourth-order valence-electron chi connectivity index (χ4n) is 3.37. The summed E-state index contributed by atoms with van der Waals surface area (Å²) < 4.78 is 1.82. The van der Waals surface area contributed by atoms with E-state index >= 15 is 0 Å². The summed E-state index contributed by atoms with van der Waals surface area (Å²) in [6.07, 6.45) is 0.235. The molecule has 0 aliphatic rings. The smallest absolute Gasteiger partial charge is 0.228 e. The van der Waals surface area contributed by atoms with Gasteiger partial charge in [-0.15, -0.1) is 11.3 Å². The highest BCUT2D eigenvalue weighted by atomic mass is 35.5. The standard InChI is InChI=1S/C24H23ClN4OS/c1-14-5-8-18(9-6-14)22-13-31-24(27-22)29-17(4)20(16(3)28-29)12-23(30)26-19-10-7-15(2)21(25)11-19/h5-11,13H,12H2,1-4H3,(H,26,30). The third kappa shape index (κ3) is 4.55. The Morgan fingerprint density at radius 2 is 1.84 bits per heavy atom. The molecule has 2 aromatic heterocycles. The maximum atomic E-state index is 12.6. The van der Waals surface area contributed by atoms with Crippen molar-refractivity contribution >= 4 is 34.5 Å². The molecule has 2 aromatic carbocycles. The first kappa shape index (κ1) is 21.3. The monoisotopic (exact) mass is 450 g/mol. The van der Waals surface area contributed by atoms with Gasteiger partial charge in [-0.25, -0.2) is 9.67 Å². The molecule has 1 N–H and O–H groups in total. The molecule has 7 heteroatoms. The van der Waals surface area contributed by atoms with E-state index in [2.05, 4.69) is 41.6 Å². The Balaban J connectivity index is 1.54. The van der Waals surface area contributed by atoms with E-state index in [1.54, 1.807) is 6.07 Å². The minimum Gasteiger partial charge on any atom is -0.326 e. The number of aromatic nitrogens is 3. The van der Waals surface area contributed by atoms with Crippen LogP contribution in [0.2, 0.25) is 5.02 Å². The Morgan fingerprint density at radius 1 is 1.10 bits per heavy atom. The molecule has 0 spiro atoms. The summed E-state index contributed by atoms with van der Waals surface area (Å²) in [6, 6.07) is 13.8. The molecule has 0 saturated heterocycles. The number of hydrogen-bond acceptors (Lipinski definition) is 4. The third-order valence-electron chi connectivity index (χ3n) is 5.25. The summed E-state index contributed by atoms with van der Waals surface area (Å²) in [5.41, 5.74) is 7.51. The van der Waals surface area contributed by atoms with Gasteiger partial charge in [-0.2, -0.15) is 5.10 Å². The molecule has 2 heterocycles. The fourth-order valence-corrected chi connectivity index (χ4v) is 4.39. The lowest BCUT2D eigenvalue weighted by atomic mass is 10.1. The van der Waals surface area contributed by atoms with Crippen molar-refractivity contribution in [3.05, 3.63) is 80.9 Å². The van der Waals surface area contributed by atoms with Gasteiger partial charge in [0, 0.05) is 32.9 Å². The Bertz CT molecular complexity index is 1260. The average Bonchev–Trinajstić information content (AvgIpc) is 3.32. The van der Waals surface area contributed by atoms with Crippen molar-refractivity contribution in [2.75, 3.05) is 5.32 Å². The largest absolute Gasteiger partial charge is 0.326 e. The molecule has 0 fully saturated rings. The predicted molar refractivity (Wildman–Crippen MR) is 127 cm³/mol. The van der Waals surface area contributed by atoms with Crippen LogP contribution in [0, 0.1) is 27.7 Å². The van der Waals surface area contributed by atoms with Crippen LogP contribution >= 0.6 is 22.9 Å². The lowest BCUT2D eigenvalue weighted by molar-refractivity contribution is -0.115. The number of anilines is 1. The lowest BCUT2D eigenvalue weighted by Crippen LogP contribution is -2.15. The van der Waals surface area contributed by atoms with Gasteiger partial charge < -0.3 is 5.32 Å². The molecule has 158 valence electrons. The van der Waals surface area contributed by atoms with Crippen LogP contribution in [-0.4, -0.2) is 20.7 Å². The summed E-state index contributed by atoms with van der Waals surface area (Å²) in [5.74, 6) is -0.106. The quantitative estimate of drug-likeness (QED) is 0.401. The van der Waals surface area contributed by atoms with Crippen molar-refractivity contribution < 1.29 is 4.79 Å². The van der Waals surface area contributed by atoms with Gasteiger partial charge in [0.2, 0.25) is 11.0 Å². The van der Waals surface area contributed by atoms with Crippen molar-refractivity contribution in [1.82, 2.24) is 14.8 Å². The van der Waals surface area contributed by atoms with E-state index in [0.717, 1.165) is 38.9 Å². The number of halogens is 1. The second-order valence-corrected chi connectivity index (χ2v) is 8.88. The highest BCUT2D eigenvalue weighted by Crippen LogP contribution is 2.27. The van der Waals surface area contributed by atoms with Crippen molar-refractivity contribution in [2.24, 2.45) is 0 Å². The number of benzene rings is 2.